The molecule has 2 aliphatic rings. The zero-order valence-electron chi connectivity index (χ0n) is 13.5. The molecule has 1 aromatic heterocycles. The first-order valence-electron chi connectivity index (χ1n) is 8.77. The SMILES string of the molecule is O=C(NCCCC1CCCCC1O)c1csc(C2CCCO2)n1. The minimum atomic E-state index is -0.146. The molecule has 3 atom stereocenters. The number of hydrogen-bond donors (Lipinski definition) is 2. The molecule has 1 aliphatic carbocycles. The molecular formula is C17H26N2O3S. The van der Waals surface area contributed by atoms with Crippen molar-refractivity contribution in [3.63, 3.8) is 0 Å². The number of carbonyl (C=O) groups is 1. The van der Waals surface area contributed by atoms with Gasteiger partial charge in [-0.2, -0.15) is 0 Å². The zero-order valence-corrected chi connectivity index (χ0v) is 14.3. The van der Waals surface area contributed by atoms with Crippen LogP contribution in [0.15, 0.2) is 5.38 Å². The Hall–Kier alpha value is -0.980. The van der Waals surface area contributed by atoms with Crippen molar-refractivity contribution < 1.29 is 14.6 Å². The maximum absolute atomic E-state index is 12.1. The second kappa shape index (κ2) is 8.22. The van der Waals surface area contributed by atoms with Gasteiger partial charge in [0.05, 0.1) is 6.10 Å². The molecule has 5 nitrogen and oxygen atoms in total. The number of carbonyl (C=O) groups excluding carboxylic acids is 1. The van der Waals surface area contributed by atoms with Crippen LogP contribution in [-0.4, -0.2) is 35.3 Å². The Morgan fingerprint density at radius 2 is 2.22 bits per heavy atom. The molecule has 0 aromatic carbocycles. The molecular weight excluding hydrogens is 312 g/mol. The molecule has 1 amide bonds. The van der Waals surface area contributed by atoms with E-state index < -0.39 is 0 Å². The van der Waals surface area contributed by atoms with Crippen molar-refractivity contribution in [2.75, 3.05) is 13.2 Å². The van der Waals surface area contributed by atoms with E-state index in [-0.39, 0.29) is 18.1 Å². The smallest absolute Gasteiger partial charge is 0.270 e. The number of aromatic nitrogens is 1. The molecule has 1 saturated carbocycles. The number of thiazole rings is 1. The Kier molecular flexibility index (Phi) is 6.02. The zero-order chi connectivity index (χ0) is 16.1. The monoisotopic (exact) mass is 338 g/mol. The predicted molar refractivity (Wildman–Crippen MR) is 89.6 cm³/mol. The molecule has 0 spiro atoms. The number of nitrogens with one attached hydrogen (secondary N) is 1. The Bertz CT molecular complexity index is 514. The summed E-state index contributed by atoms with van der Waals surface area (Å²) in [7, 11) is 0. The van der Waals surface area contributed by atoms with E-state index in [9.17, 15) is 9.90 Å². The highest BCUT2D eigenvalue weighted by Gasteiger charge is 2.23. The average molecular weight is 338 g/mol. The molecule has 0 radical (unpaired) electrons. The van der Waals surface area contributed by atoms with Crippen LogP contribution in [0, 0.1) is 5.92 Å². The molecule has 3 rings (SSSR count). The van der Waals surface area contributed by atoms with Gasteiger partial charge in [0.2, 0.25) is 0 Å². The van der Waals surface area contributed by atoms with Gasteiger partial charge in [0.25, 0.3) is 5.91 Å². The lowest BCUT2D eigenvalue weighted by Crippen LogP contribution is -2.28. The fourth-order valence-corrected chi connectivity index (χ4v) is 4.37. The van der Waals surface area contributed by atoms with Gasteiger partial charge in [0.1, 0.15) is 16.8 Å². The quantitative estimate of drug-likeness (QED) is 0.782. The molecule has 3 unspecified atom stereocenters. The largest absolute Gasteiger partial charge is 0.393 e. The van der Waals surface area contributed by atoms with Crippen LogP contribution in [0.3, 0.4) is 0 Å². The number of hydrogen-bond acceptors (Lipinski definition) is 5. The van der Waals surface area contributed by atoms with E-state index in [1.807, 2.05) is 5.38 Å². The number of rotatable bonds is 6. The second-order valence-electron chi connectivity index (χ2n) is 6.58. The fraction of sp³-hybridized carbons (Fsp3) is 0.765. The Morgan fingerprint density at radius 1 is 1.35 bits per heavy atom. The molecule has 23 heavy (non-hydrogen) atoms. The molecule has 1 aromatic rings. The van der Waals surface area contributed by atoms with Gasteiger partial charge in [-0.05, 0) is 44.4 Å². The van der Waals surface area contributed by atoms with Gasteiger partial charge in [-0.15, -0.1) is 11.3 Å². The first kappa shape index (κ1) is 16.9. The van der Waals surface area contributed by atoms with E-state index in [4.69, 9.17) is 4.74 Å². The van der Waals surface area contributed by atoms with E-state index in [2.05, 4.69) is 10.3 Å². The van der Waals surface area contributed by atoms with Gasteiger partial charge in [-0.25, -0.2) is 4.98 Å². The van der Waals surface area contributed by atoms with Crippen LogP contribution in [0.1, 0.15) is 73.0 Å². The number of amides is 1. The Labute approximate surface area is 141 Å². The maximum atomic E-state index is 12.1. The highest BCUT2D eigenvalue weighted by molar-refractivity contribution is 7.09. The van der Waals surface area contributed by atoms with Crippen LogP contribution in [0.5, 0.6) is 0 Å². The summed E-state index contributed by atoms with van der Waals surface area (Å²) >= 11 is 1.51. The normalized spacial score (nSPS) is 28.0. The third-order valence-electron chi connectivity index (χ3n) is 4.87. The third-order valence-corrected chi connectivity index (χ3v) is 5.80. The number of ether oxygens (including phenoxy) is 1. The topological polar surface area (TPSA) is 71.5 Å². The first-order chi connectivity index (χ1) is 11.2. The summed E-state index contributed by atoms with van der Waals surface area (Å²) in [5.74, 6) is 0.306. The summed E-state index contributed by atoms with van der Waals surface area (Å²) in [6.07, 6.45) is 8.31. The summed E-state index contributed by atoms with van der Waals surface area (Å²) in [6.45, 7) is 1.44. The van der Waals surface area contributed by atoms with E-state index >= 15 is 0 Å². The molecule has 2 heterocycles. The highest BCUT2D eigenvalue weighted by atomic mass is 32.1. The van der Waals surface area contributed by atoms with Crippen LogP contribution in [0.25, 0.3) is 0 Å². The van der Waals surface area contributed by atoms with Gasteiger partial charge in [0.15, 0.2) is 0 Å². The van der Waals surface area contributed by atoms with Crippen LogP contribution in [0.4, 0.5) is 0 Å². The standard InChI is InChI=1S/C17H26N2O3S/c20-14-7-2-1-5-12(14)6-3-9-18-16(21)13-11-23-17(19-13)15-8-4-10-22-15/h11-12,14-15,20H,1-10H2,(H,18,21). The van der Waals surface area contributed by atoms with Crippen molar-refractivity contribution in [1.29, 1.82) is 0 Å². The van der Waals surface area contributed by atoms with E-state index in [0.717, 1.165) is 56.6 Å². The minimum Gasteiger partial charge on any atom is -0.393 e. The van der Waals surface area contributed by atoms with E-state index in [0.29, 0.717) is 18.2 Å². The van der Waals surface area contributed by atoms with Crippen molar-refractivity contribution in [2.24, 2.45) is 5.92 Å². The molecule has 2 fully saturated rings. The average Bonchev–Trinajstić information content (AvgIpc) is 3.23. The van der Waals surface area contributed by atoms with E-state index in [1.54, 1.807) is 0 Å². The summed E-state index contributed by atoms with van der Waals surface area (Å²) < 4.78 is 5.60. The van der Waals surface area contributed by atoms with Crippen LogP contribution >= 0.6 is 11.3 Å². The highest BCUT2D eigenvalue weighted by Crippen LogP contribution is 2.30. The van der Waals surface area contributed by atoms with Crippen molar-refractivity contribution in [3.8, 4) is 0 Å². The van der Waals surface area contributed by atoms with Gasteiger partial charge >= 0.3 is 0 Å². The number of aliphatic hydroxyl groups is 1. The van der Waals surface area contributed by atoms with E-state index in [1.165, 1.54) is 17.8 Å². The van der Waals surface area contributed by atoms with Crippen molar-refractivity contribution in [2.45, 2.75) is 63.6 Å². The van der Waals surface area contributed by atoms with Crippen LogP contribution < -0.4 is 5.32 Å². The number of nitrogens with zero attached hydrogens (tertiary/aromatic N) is 1. The molecule has 0 bridgehead atoms. The summed E-state index contributed by atoms with van der Waals surface area (Å²) in [5.41, 5.74) is 0.498. The molecule has 1 aliphatic heterocycles. The van der Waals surface area contributed by atoms with Gasteiger partial charge in [0, 0.05) is 18.5 Å². The van der Waals surface area contributed by atoms with Crippen LogP contribution in [-0.2, 0) is 4.74 Å². The van der Waals surface area contributed by atoms with Gasteiger partial charge in [-0.1, -0.05) is 12.8 Å². The van der Waals surface area contributed by atoms with Crippen molar-refractivity contribution in [3.05, 3.63) is 16.1 Å². The number of aliphatic hydroxyl groups excluding tert-OH is 1. The van der Waals surface area contributed by atoms with Gasteiger partial charge in [-0.3, -0.25) is 4.79 Å². The molecule has 128 valence electrons. The lowest BCUT2D eigenvalue weighted by molar-refractivity contribution is 0.0641. The first-order valence-corrected chi connectivity index (χ1v) is 9.65. The Morgan fingerprint density at radius 3 is 3.00 bits per heavy atom. The molecule has 1 saturated heterocycles. The summed E-state index contributed by atoms with van der Waals surface area (Å²) in [6, 6.07) is 0. The summed E-state index contributed by atoms with van der Waals surface area (Å²) in [5, 5.41) is 15.6. The van der Waals surface area contributed by atoms with Crippen molar-refractivity contribution >= 4 is 17.2 Å². The Balaban J connectivity index is 1.39. The van der Waals surface area contributed by atoms with Crippen molar-refractivity contribution in [1.82, 2.24) is 10.3 Å². The minimum absolute atomic E-state index is 0.0781. The third kappa shape index (κ3) is 4.52. The molecule has 2 N–H and O–H groups in total. The summed E-state index contributed by atoms with van der Waals surface area (Å²) in [4.78, 5) is 16.5. The lowest BCUT2D eigenvalue weighted by atomic mass is 9.83. The fourth-order valence-electron chi connectivity index (χ4n) is 3.49. The lowest BCUT2D eigenvalue weighted by Gasteiger charge is -2.27. The maximum Gasteiger partial charge on any atom is 0.270 e. The molecule has 6 heteroatoms. The van der Waals surface area contributed by atoms with Crippen LogP contribution in [0.2, 0.25) is 0 Å². The second-order valence-corrected chi connectivity index (χ2v) is 7.47. The van der Waals surface area contributed by atoms with Gasteiger partial charge < -0.3 is 15.2 Å². The predicted octanol–water partition coefficient (Wildman–Crippen LogP) is 3.06.